The Morgan fingerprint density at radius 2 is 1.75 bits per heavy atom. The van der Waals surface area contributed by atoms with E-state index in [1.165, 1.54) is 31.2 Å². The average molecular weight is 280 g/mol. The van der Waals surface area contributed by atoms with Gasteiger partial charge in [0.05, 0.1) is 7.11 Å². The summed E-state index contributed by atoms with van der Waals surface area (Å²) in [6.45, 7) is 2.63. The number of rotatable bonds is 5. The molecule has 1 rings (SSSR count). The first-order valence-electron chi connectivity index (χ1n) is 5.85. The molecule has 0 saturated heterocycles. The maximum atomic E-state index is 11.4. The Hall–Kier alpha value is -2.50. The van der Waals surface area contributed by atoms with Crippen LogP contribution in [0.5, 0.6) is 11.5 Å². The van der Waals surface area contributed by atoms with Crippen LogP contribution in [0.4, 0.5) is 0 Å². The van der Waals surface area contributed by atoms with E-state index < -0.39 is 29.2 Å². The molecule has 0 saturated carbocycles. The van der Waals surface area contributed by atoms with Crippen molar-refractivity contribution >= 4 is 11.8 Å². The van der Waals surface area contributed by atoms with Gasteiger partial charge in [-0.3, -0.25) is 4.79 Å². The van der Waals surface area contributed by atoms with Crippen LogP contribution in [-0.4, -0.2) is 35.2 Å². The molecule has 0 bridgehead atoms. The molecule has 1 atom stereocenters. The Labute approximate surface area is 116 Å². The molecular formula is C14H16O6. The summed E-state index contributed by atoms with van der Waals surface area (Å²) in [5, 5.41) is 19.1. The number of ketones is 1. The number of Topliss-reactive ketones (excluding diaryl/α,β-unsaturated/α-hetero) is 1. The minimum atomic E-state index is -0.920. The SMILES string of the molecule is COC(=O)C(C(C)=O)=C(O)C(C)Oc1ccc(O)cc1. The van der Waals surface area contributed by atoms with E-state index in [0.717, 1.165) is 14.0 Å². The van der Waals surface area contributed by atoms with Crippen LogP contribution in [0.25, 0.3) is 0 Å². The Balaban J connectivity index is 2.98. The van der Waals surface area contributed by atoms with Crippen molar-refractivity contribution in [3.8, 4) is 11.5 Å². The first-order valence-corrected chi connectivity index (χ1v) is 5.85. The Morgan fingerprint density at radius 1 is 1.20 bits per heavy atom. The minimum Gasteiger partial charge on any atom is -0.508 e. The van der Waals surface area contributed by atoms with E-state index in [4.69, 9.17) is 9.84 Å². The summed E-state index contributed by atoms with van der Waals surface area (Å²) < 4.78 is 9.82. The summed E-state index contributed by atoms with van der Waals surface area (Å²) >= 11 is 0. The Bertz CT molecular complexity index is 529. The van der Waals surface area contributed by atoms with Crippen LogP contribution in [0.2, 0.25) is 0 Å². The van der Waals surface area contributed by atoms with Gasteiger partial charge < -0.3 is 19.7 Å². The lowest BCUT2D eigenvalue weighted by atomic mass is 10.1. The zero-order valence-electron chi connectivity index (χ0n) is 11.4. The number of carbonyl (C=O) groups excluding carboxylic acids is 2. The average Bonchev–Trinajstić information content (AvgIpc) is 2.40. The first-order chi connectivity index (χ1) is 9.36. The van der Waals surface area contributed by atoms with Gasteiger partial charge in [-0.25, -0.2) is 4.79 Å². The monoisotopic (exact) mass is 280 g/mol. The molecule has 0 aromatic heterocycles. The maximum Gasteiger partial charge on any atom is 0.345 e. The van der Waals surface area contributed by atoms with Crippen LogP contribution >= 0.6 is 0 Å². The number of aliphatic hydroxyl groups is 1. The standard InChI is InChI=1S/C14H16O6/c1-8(15)12(14(18)19-3)13(17)9(2)20-11-6-4-10(16)5-7-11/h4-7,9,16-17H,1-3H3. The summed E-state index contributed by atoms with van der Waals surface area (Å²) in [7, 11) is 1.12. The van der Waals surface area contributed by atoms with Crippen LogP contribution in [0.1, 0.15) is 13.8 Å². The topological polar surface area (TPSA) is 93.1 Å². The number of hydrogen-bond donors (Lipinski definition) is 2. The Kier molecular flexibility index (Phi) is 5.14. The third-order valence-corrected chi connectivity index (χ3v) is 2.53. The van der Waals surface area contributed by atoms with E-state index in [0.29, 0.717) is 5.75 Å². The number of aliphatic hydroxyl groups excluding tert-OH is 1. The lowest BCUT2D eigenvalue weighted by Crippen LogP contribution is -2.23. The maximum absolute atomic E-state index is 11.4. The van der Waals surface area contributed by atoms with Gasteiger partial charge >= 0.3 is 5.97 Å². The predicted octanol–water partition coefficient (Wildman–Crippen LogP) is 1.73. The number of carbonyl (C=O) groups is 2. The third-order valence-electron chi connectivity index (χ3n) is 2.53. The highest BCUT2D eigenvalue weighted by atomic mass is 16.5. The molecule has 0 aliphatic rings. The predicted molar refractivity (Wildman–Crippen MR) is 70.5 cm³/mol. The van der Waals surface area contributed by atoms with Gasteiger partial charge in [0.2, 0.25) is 0 Å². The summed E-state index contributed by atoms with van der Waals surface area (Å²) in [5.74, 6) is -1.59. The molecule has 20 heavy (non-hydrogen) atoms. The van der Waals surface area contributed by atoms with Gasteiger partial charge in [-0.1, -0.05) is 0 Å². The van der Waals surface area contributed by atoms with Crippen LogP contribution in [-0.2, 0) is 14.3 Å². The van der Waals surface area contributed by atoms with Gasteiger partial charge in [-0.2, -0.15) is 0 Å². The molecule has 1 unspecified atom stereocenters. The molecule has 1 aromatic rings. The molecule has 2 N–H and O–H groups in total. The molecule has 0 radical (unpaired) electrons. The lowest BCUT2D eigenvalue weighted by molar-refractivity contribution is -0.138. The lowest BCUT2D eigenvalue weighted by Gasteiger charge is -2.16. The van der Waals surface area contributed by atoms with Crippen LogP contribution in [0.3, 0.4) is 0 Å². The van der Waals surface area contributed by atoms with Gasteiger partial charge in [0.25, 0.3) is 0 Å². The van der Waals surface area contributed by atoms with Gasteiger partial charge in [-0.05, 0) is 38.1 Å². The van der Waals surface area contributed by atoms with Gasteiger partial charge in [-0.15, -0.1) is 0 Å². The molecule has 6 nitrogen and oxygen atoms in total. The fourth-order valence-corrected chi connectivity index (χ4v) is 1.52. The zero-order valence-corrected chi connectivity index (χ0v) is 11.4. The van der Waals surface area contributed by atoms with Crippen LogP contribution in [0.15, 0.2) is 35.6 Å². The molecule has 0 fully saturated rings. The number of methoxy groups -OCH3 is 1. The highest BCUT2D eigenvalue weighted by Gasteiger charge is 2.25. The van der Waals surface area contributed by atoms with Crippen molar-refractivity contribution in [2.24, 2.45) is 0 Å². The molecule has 6 heteroatoms. The summed E-state index contributed by atoms with van der Waals surface area (Å²) in [6.07, 6.45) is -0.919. The summed E-state index contributed by atoms with van der Waals surface area (Å²) in [6, 6.07) is 5.80. The second-order valence-electron chi connectivity index (χ2n) is 4.06. The van der Waals surface area contributed by atoms with Crippen molar-refractivity contribution in [1.82, 2.24) is 0 Å². The smallest absolute Gasteiger partial charge is 0.345 e. The number of ether oxygens (including phenoxy) is 2. The largest absolute Gasteiger partial charge is 0.508 e. The molecule has 0 aliphatic heterocycles. The van der Waals surface area contributed by atoms with E-state index in [-0.39, 0.29) is 5.75 Å². The van der Waals surface area contributed by atoms with Crippen molar-refractivity contribution in [2.75, 3.05) is 7.11 Å². The number of phenols is 1. The van der Waals surface area contributed by atoms with Crippen molar-refractivity contribution in [3.63, 3.8) is 0 Å². The zero-order chi connectivity index (χ0) is 15.3. The molecule has 0 aliphatic carbocycles. The van der Waals surface area contributed by atoms with E-state index in [1.807, 2.05) is 0 Å². The van der Waals surface area contributed by atoms with Gasteiger partial charge in [0, 0.05) is 0 Å². The fourth-order valence-electron chi connectivity index (χ4n) is 1.52. The molecule has 1 aromatic carbocycles. The quantitative estimate of drug-likeness (QED) is 0.280. The van der Waals surface area contributed by atoms with Gasteiger partial charge in [0.15, 0.2) is 17.6 Å². The van der Waals surface area contributed by atoms with E-state index in [1.54, 1.807) is 0 Å². The number of hydrogen-bond acceptors (Lipinski definition) is 6. The molecule has 0 amide bonds. The summed E-state index contributed by atoms with van der Waals surface area (Å²) in [4.78, 5) is 22.8. The molecule has 0 heterocycles. The highest BCUT2D eigenvalue weighted by molar-refractivity contribution is 6.16. The second-order valence-corrected chi connectivity index (χ2v) is 4.06. The van der Waals surface area contributed by atoms with Crippen molar-refractivity contribution in [3.05, 3.63) is 35.6 Å². The minimum absolute atomic E-state index is 0.0729. The normalized spacial score (nSPS) is 13.2. The van der Waals surface area contributed by atoms with E-state index in [2.05, 4.69) is 4.74 Å². The van der Waals surface area contributed by atoms with Crippen molar-refractivity contribution in [1.29, 1.82) is 0 Å². The van der Waals surface area contributed by atoms with Crippen LogP contribution in [0, 0.1) is 0 Å². The Morgan fingerprint density at radius 3 is 2.20 bits per heavy atom. The third kappa shape index (κ3) is 3.74. The van der Waals surface area contributed by atoms with Crippen LogP contribution < -0.4 is 4.74 Å². The number of aromatic hydroxyl groups is 1. The van der Waals surface area contributed by atoms with Crippen molar-refractivity contribution < 1.29 is 29.3 Å². The number of esters is 1. The molecule has 108 valence electrons. The molecular weight excluding hydrogens is 264 g/mol. The van der Waals surface area contributed by atoms with E-state index >= 15 is 0 Å². The summed E-state index contributed by atoms with van der Waals surface area (Å²) in [5.41, 5.74) is -0.446. The van der Waals surface area contributed by atoms with E-state index in [9.17, 15) is 14.7 Å². The second kappa shape index (κ2) is 6.60. The van der Waals surface area contributed by atoms with Gasteiger partial charge in [0.1, 0.15) is 17.1 Å². The number of benzene rings is 1. The van der Waals surface area contributed by atoms with Crippen molar-refractivity contribution in [2.45, 2.75) is 20.0 Å². The first kappa shape index (κ1) is 15.6. The molecule has 0 spiro atoms. The fraction of sp³-hybridized carbons (Fsp3) is 0.286. The number of phenolic OH excluding ortho intramolecular Hbond substituents is 1. The highest BCUT2D eigenvalue weighted by Crippen LogP contribution is 2.20.